The number of aromatic amines is 1. The number of rotatable bonds is 2. The van der Waals surface area contributed by atoms with E-state index in [2.05, 4.69) is 10.8 Å². The van der Waals surface area contributed by atoms with Crippen LogP contribution in [0.1, 0.15) is 25.3 Å². The van der Waals surface area contributed by atoms with E-state index in [0.29, 0.717) is 18.0 Å². The van der Waals surface area contributed by atoms with Gasteiger partial charge in [-0.25, -0.2) is 15.0 Å². The third kappa shape index (κ3) is 2.65. The zero-order chi connectivity index (χ0) is 13.8. The molecule has 1 aromatic carbocycles. The summed E-state index contributed by atoms with van der Waals surface area (Å²) in [6.45, 7) is 0. The lowest BCUT2D eigenvalue weighted by atomic mass is 9.93. The van der Waals surface area contributed by atoms with Gasteiger partial charge in [-0.05, 0) is 37.5 Å². The highest BCUT2D eigenvalue weighted by Gasteiger charge is 2.23. The van der Waals surface area contributed by atoms with Crippen LogP contribution >= 0.6 is 0 Å². The number of amides is 1. The van der Waals surface area contributed by atoms with Gasteiger partial charge in [0.15, 0.2) is 0 Å². The highest BCUT2D eigenvalue weighted by molar-refractivity contribution is 5.75. The van der Waals surface area contributed by atoms with E-state index in [-0.39, 0.29) is 11.5 Å². The molecule has 1 amide bonds. The summed E-state index contributed by atoms with van der Waals surface area (Å²) in [6, 6.07) is 4.73. The number of nitrogens with one attached hydrogen (secondary N) is 2. The number of H-pyrrole nitrogens is 1. The number of halogens is 1. The predicted octanol–water partition coefficient (Wildman–Crippen LogP) is 0.800. The molecule has 0 unspecified atom stereocenters. The monoisotopic (exact) mass is 266 g/mol. The Balaban J connectivity index is 0.000000297. The van der Waals surface area contributed by atoms with Gasteiger partial charge in [0, 0.05) is 6.04 Å². The van der Waals surface area contributed by atoms with E-state index in [4.69, 9.17) is 4.79 Å². The summed E-state index contributed by atoms with van der Waals surface area (Å²) >= 11 is 0. The van der Waals surface area contributed by atoms with Crippen molar-refractivity contribution in [2.75, 3.05) is 0 Å². The number of carbonyl (C=O) groups excluding carboxylic acids is 1. The predicted molar refractivity (Wildman–Crippen MR) is 68.8 cm³/mol. The Morgan fingerprint density at radius 1 is 1.47 bits per heavy atom. The molecule has 19 heavy (non-hydrogen) atoms. The SMILES string of the molecule is NNC=O.O=c1[nH]c2cc(F)ccc2n1C1CCC1. The molecule has 1 saturated carbocycles. The molecule has 0 bridgehead atoms. The summed E-state index contributed by atoms with van der Waals surface area (Å²) in [5.74, 6) is 4.09. The summed E-state index contributed by atoms with van der Waals surface area (Å²) in [4.78, 5) is 23.3. The first-order valence-corrected chi connectivity index (χ1v) is 5.97. The second-order valence-corrected chi connectivity index (χ2v) is 4.33. The van der Waals surface area contributed by atoms with Crippen molar-refractivity contribution in [1.82, 2.24) is 15.0 Å². The van der Waals surface area contributed by atoms with Crippen LogP contribution in [0.4, 0.5) is 4.39 Å². The van der Waals surface area contributed by atoms with Crippen LogP contribution < -0.4 is 17.0 Å². The minimum Gasteiger partial charge on any atom is -0.305 e. The highest BCUT2D eigenvalue weighted by Crippen LogP contribution is 2.32. The lowest BCUT2D eigenvalue weighted by molar-refractivity contribution is -0.109. The lowest BCUT2D eigenvalue weighted by Crippen LogP contribution is -2.26. The molecule has 1 fully saturated rings. The molecular weight excluding hydrogens is 251 g/mol. The summed E-state index contributed by atoms with van der Waals surface area (Å²) < 4.78 is 14.7. The summed E-state index contributed by atoms with van der Waals surface area (Å²) in [7, 11) is 0. The van der Waals surface area contributed by atoms with Crippen molar-refractivity contribution >= 4 is 17.4 Å². The summed E-state index contributed by atoms with van der Waals surface area (Å²) in [5, 5.41) is 0. The van der Waals surface area contributed by atoms with Crippen LogP contribution in [0.5, 0.6) is 0 Å². The third-order valence-electron chi connectivity index (χ3n) is 3.19. The second-order valence-electron chi connectivity index (χ2n) is 4.33. The van der Waals surface area contributed by atoms with E-state index in [1.165, 1.54) is 18.6 Å². The summed E-state index contributed by atoms with van der Waals surface area (Å²) in [5.41, 5.74) is 3.03. The van der Waals surface area contributed by atoms with Gasteiger partial charge in [-0.1, -0.05) is 0 Å². The molecule has 3 rings (SSSR count). The number of imidazole rings is 1. The maximum atomic E-state index is 12.9. The summed E-state index contributed by atoms with van der Waals surface area (Å²) in [6.07, 6.45) is 3.67. The number of hydrogen-bond acceptors (Lipinski definition) is 3. The fourth-order valence-electron chi connectivity index (χ4n) is 2.11. The normalized spacial score (nSPS) is 14.4. The number of aromatic nitrogens is 2. The zero-order valence-electron chi connectivity index (χ0n) is 10.2. The molecule has 1 aliphatic carbocycles. The number of hydrazine groups is 1. The van der Waals surface area contributed by atoms with Crippen molar-refractivity contribution in [3.8, 4) is 0 Å². The molecule has 4 N–H and O–H groups in total. The molecule has 102 valence electrons. The molecule has 0 spiro atoms. The average Bonchev–Trinajstić information content (AvgIpc) is 2.64. The molecule has 1 heterocycles. The minimum atomic E-state index is -0.315. The number of carbonyl (C=O) groups is 1. The number of fused-ring (bicyclic) bond motifs is 1. The first-order valence-electron chi connectivity index (χ1n) is 5.97. The maximum Gasteiger partial charge on any atom is 0.326 e. The van der Waals surface area contributed by atoms with E-state index in [1.54, 1.807) is 16.1 Å². The fraction of sp³-hybridized carbons (Fsp3) is 0.333. The van der Waals surface area contributed by atoms with Gasteiger partial charge < -0.3 is 4.98 Å². The van der Waals surface area contributed by atoms with Gasteiger partial charge in [-0.2, -0.15) is 0 Å². The minimum absolute atomic E-state index is 0.125. The Morgan fingerprint density at radius 3 is 2.68 bits per heavy atom. The maximum absolute atomic E-state index is 12.9. The van der Waals surface area contributed by atoms with E-state index in [1.807, 2.05) is 0 Å². The first kappa shape index (κ1) is 13.3. The van der Waals surface area contributed by atoms with Gasteiger partial charge in [-0.3, -0.25) is 14.8 Å². The Kier molecular flexibility index (Phi) is 3.96. The van der Waals surface area contributed by atoms with Crippen molar-refractivity contribution in [1.29, 1.82) is 0 Å². The van der Waals surface area contributed by atoms with Gasteiger partial charge in [0.25, 0.3) is 0 Å². The van der Waals surface area contributed by atoms with Crippen LogP contribution in [0.25, 0.3) is 11.0 Å². The van der Waals surface area contributed by atoms with Crippen LogP contribution in [-0.4, -0.2) is 16.0 Å². The Bertz CT molecular complexity index is 630. The molecule has 1 aromatic heterocycles. The van der Waals surface area contributed by atoms with Crippen molar-refractivity contribution in [3.05, 3.63) is 34.5 Å². The smallest absolute Gasteiger partial charge is 0.305 e. The standard InChI is InChI=1S/C11H11FN2O.CH4N2O/c12-7-4-5-10-9(6-7)13-11(15)14(10)8-2-1-3-8;2-3-1-4/h4-6,8H,1-3H2,(H,13,15);1H,2H2,(H,3,4). The van der Waals surface area contributed by atoms with Gasteiger partial charge >= 0.3 is 5.69 Å². The van der Waals surface area contributed by atoms with Gasteiger partial charge in [-0.15, -0.1) is 0 Å². The van der Waals surface area contributed by atoms with Crippen LogP contribution in [0, 0.1) is 5.82 Å². The molecule has 0 saturated heterocycles. The number of hydrogen-bond donors (Lipinski definition) is 3. The van der Waals surface area contributed by atoms with Crippen LogP contribution in [0.15, 0.2) is 23.0 Å². The molecular formula is C12H15FN4O2. The number of benzene rings is 1. The molecule has 6 nitrogen and oxygen atoms in total. The fourth-order valence-corrected chi connectivity index (χ4v) is 2.11. The molecule has 0 atom stereocenters. The van der Waals surface area contributed by atoms with Crippen LogP contribution in [0.2, 0.25) is 0 Å². The van der Waals surface area contributed by atoms with Crippen molar-refractivity contribution in [3.63, 3.8) is 0 Å². The van der Waals surface area contributed by atoms with Crippen molar-refractivity contribution in [2.24, 2.45) is 5.84 Å². The average molecular weight is 266 g/mol. The van der Waals surface area contributed by atoms with Crippen LogP contribution in [0.3, 0.4) is 0 Å². The lowest BCUT2D eigenvalue weighted by Gasteiger charge is -2.26. The molecule has 0 radical (unpaired) electrons. The van der Waals surface area contributed by atoms with E-state index in [9.17, 15) is 9.18 Å². The van der Waals surface area contributed by atoms with E-state index in [0.717, 1.165) is 18.4 Å². The topological polar surface area (TPSA) is 92.9 Å². The third-order valence-corrected chi connectivity index (χ3v) is 3.19. The Labute approximate surface area is 108 Å². The van der Waals surface area contributed by atoms with Gasteiger partial charge in [0.1, 0.15) is 5.82 Å². The quantitative estimate of drug-likeness (QED) is 0.325. The Hall–Kier alpha value is -2.15. The zero-order valence-corrected chi connectivity index (χ0v) is 10.2. The largest absolute Gasteiger partial charge is 0.326 e. The van der Waals surface area contributed by atoms with Gasteiger partial charge in [0.05, 0.1) is 11.0 Å². The van der Waals surface area contributed by atoms with Crippen molar-refractivity contribution < 1.29 is 9.18 Å². The number of nitrogens with zero attached hydrogens (tertiary/aromatic N) is 1. The Morgan fingerprint density at radius 2 is 2.16 bits per heavy atom. The first-order chi connectivity index (χ1) is 9.17. The molecule has 0 aliphatic heterocycles. The molecule has 2 aromatic rings. The highest BCUT2D eigenvalue weighted by atomic mass is 19.1. The van der Waals surface area contributed by atoms with E-state index >= 15 is 0 Å². The molecule has 7 heteroatoms. The number of nitrogens with two attached hydrogens (primary N) is 1. The molecule has 1 aliphatic rings. The second kappa shape index (κ2) is 5.66. The van der Waals surface area contributed by atoms with E-state index < -0.39 is 0 Å². The van der Waals surface area contributed by atoms with Gasteiger partial charge in [0.2, 0.25) is 6.41 Å². The van der Waals surface area contributed by atoms with Crippen LogP contribution in [-0.2, 0) is 4.79 Å². The van der Waals surface area contributed by atoms with Crippen molar-refractivity contribution in [2.45, 2.75) is 25.3 Å².